The smallest absolute Gasteiger partial charge is 0.213 e. The number of rotatable bonds is 8. The Balaban J connectivity index is 1.83. The first-order valence-corrected chi connectivity index (χ1v) is 9.02. The molecule has 2 N–H and O–H groups in total. The van der Waals surface area contributed by atoms with Crippen molar-refractivity contribution in [2.45, 2.75) is 39.3 Å². The van der Waals surface area contributed by atoms with Crippen molar-refractivity contribution in [2.24, 2.45) is 4.99 Å². The van der Waals surface area contributed by atoms with E-state index in [1.165, 1.54) is 0 Å². The van der Waals surface area contributed by atoms with Crippen molar-refractivity contribution in [3.63, 3.8) is 0 Å². The van der Waals surface area contributed by atoms with Crippen LogP contribution in [-0.2, 0) is 23.2 Å². The number of oxazole rings is 1. The highest BCUT2D eigenvalue weighted by Gasteiger charge is 2.19. The number of hydrogen-bond acceptors (Lipinski definition) is 5. The van der Waals surface area contributed by atoms with Crippen molar-refractivity contribution in [3.8, 4) is 5.75 Å². The molecule has 27 heavy (non-hydrogen) atoms. The van der Waals surface area contributed by atoms with Gasteiger partial charge in [-0.1, -0.05) is 32.9 Å². The van der Waals surface area contributed by atoms with E-state index in [4.69, 9.17) is 13.9 Å². The van der Waals surface area contributed by atoms with Gasteiger partial charge in [-0.2, -0.15) is 0 Å². The molecule has 0 radical (unpaired) electrons. The zero-order chi connectivity index (χ0) is 19.7. The average molecular weight is 374 g/mol. The number of hydrogen-bond donors (Lipinski definition) is 2. The third-order valence-corrected chi connectivity index (χ3v) is 3.84. The number of aliphatic imine (C=N–C) groups is 1. The molecule has 1 aromatic carbocycles. The Bertz CT molecular complexity index is 735. The number of ether oxygens (including phenoxy) is 2. The van der Waals surface area contributed by atoms with Gasteiger partial charge < -0.3 is 24.5 Å². The summed E-state index contributed by atoms with van der Waals surface area (Å²) in [6, 6.07) is 7.94. The minimum atomic E-state index is -0.0541. The standard InChI is InChI=1S/C20H30N4O3/c1-20(2,3)17-13-22-18(27-17)14-24-19(21-4)23-12-15-7-6-8-16(11-15)26-10-9-25-5/h6-8,11,13H,9-10,12,14H2,1-5H3,(H2,21,23,24). The molecule has 0 saturated heterocycles. The van der Waals surface area contributed by atoms with E-state index in [1.54, 1.807) is 20.4 Å². The molecule has 7 heteroatoms. The first-order chi connectivity index (χ1) is 12.9. The van der Waals surface area contributed by atoms with Crippen LogP contribution in [0.4, 0.5) is 0 Å². The lowest BCUT2D eigenvalue weighted by Crippen LogP contribution is -2.36. The molecule has 0 aliphatic rings. The molecule has 0 unspecified atom stereocenters. The van der Waals surface area contributed by atoms with Crippen LogP contribution >= 0.6 is 0 Å². The van der Waals surface area contributed by atoms with Crippen LogP contribution in [0.1, 0.15) is 38.0 Å². The van der Waals surface area contributed by atoms with E-state index in [1.807, 2.05) is 24.3 Å². The van der Waals surface area contributed by atoms with Gasteiger partial charge in [0.15, 0.2) is 5.96 Å². The number of nitrogens with zero attached hydrogens (tertiary/aromatic N) is 2. The highest BCUT2D eigenvalue weighted by atomic mass is 16.5. The summed E-state index contributed by atoms with van der Waals surface area (Å²) in [5.74, 6) is 3.00. The summed E-state index contributed by atoms with van der Waals surface area (Å²) < 4.78 is 16.4. The lowest BCUT2D eigenvalue weighted by molar-refractivity contribution is 0.146. The monoisotopic (exact) mass is 374 g/mol. The molecule has 0 fully saturated rings. The van der Waals surface area contributed by atoms with Gasteiger partial charge in [0.05, 0.1) is 19.3 Å². The van der Waals surface area contributed by atoms with Gasteiger partial charge in [-0.15, -0.1) is 0 Å². The fourth-order valence-electron chi connectivity index (χ4n) is 2.29. The first-order valence-electron chi connectivity index (χ1n) is 9.02. The summed E-state index contributed by atoms with van der Waals surface area (Å²) >= 11 is 0. The minimum absolute atomic E-state index is 0.0541. The second kappa shape index (κ2) is 9.97. The van der Waals surface area contributed by atoms with Gasteiger partial charge in [-0.3, -0.25) is 4.99 Å². The van der Waals surface area contributed by atoms with Crippen molar-refractivity contribution >= 4 is 5.96 Å². The van der Waals surface area contributed by atoms with Crippen LogP contribution < -0.4 is 15.4 Å². The predicted octanol–water partition coefficient (Wildman–Crippen LogP) is 2.86. The predicted molar refractivity (Wildman–Crippen MR) is 106 cm³/mol. The molecule has 1 heterocycles. The van der Waals surface area contributed by atoms with E-state index in [0.29, 0.717) is 38.2 Å². The number of aromatic nitrogens is 1. The van der Waals surface area contributed by atoms with Gasteiger partial charge >= 0.3 is 0 Å². The molecule has 2 rings (SSSR count). The van der Waals surface area contributed by atoms with Gasteiger partial charge in [0.1, 0.15) is 18.1 Å². The highest BCUT2D eigenvalue weighted by Crippen LogP contribution is 2.22. The molecule has 0 aliphatic heterocycles. The van der Waals surface area contributed by atoms with E-state index in [-0.39, 0.29) is 5.41 Å². The van der Waals surface area contributed by atoms with E-state index >= 15 is 0 Å². The molecule has 0 amide bonds. The second-order valence-corrected chi connectivity index (χ2v) is 7.14. The molecule has 0 bridgehead atoms. The van der Waals surface area contributed by atoms with Gasteiger partial charge in [0.25, 0.3) is 0 Å². The number of nitrogens with one attached hydrogen (secondary N) is 2. The first kappa shape index (κ1) is 20.8. The van der Waals surface area contributed by atoms with Crippen LogP contribution in [0.5, 0.6) is 5.75 Å². The lowest BCUT2D eigenvalue weighted by atomic mass is 9.94. The normalized spacial score (nSPS) is 12.1. The Hall–Kier alpha value is -2.54. The molecular weight excluding hydrogens is 344 g/mol. The zero-order valence-corrected chi connectivity index (χ0v) is 16.8. The topological polar surface area (TPSA) is 80.9 Å². The summed E-state index contributed by atoms with van der Waals surface area (Å²) in [5, 5.41) is 6.49. The molecule has 0 spiro atoms. The van der Waals surface area contributed by atoms with E-state index < -0.39 is 0 Å². The maximum absolute atomic E-state index is 5.79. The van der Waals surface area contributed by atoms with Crippen LogP contribution in [0.3, 0.4) is 0 Å². The van der Waals surface area contributed by atoms with E-state index in [9.17, 15) is 0 Å². The Kier molecular flexibility index (Phi) is 7.67. The third-order valence-electron chi connectivity index (χ3n) is 3.84. The van der Waals surface area contributed by atoms with Crippen molar-refractivity contribution in [3.05, 3.63) is 47.7 Å². The van der Waals surface area contributed by atoms with Gasteiger partial charge in [-0.25, -0.2) is 4.98 Å². The number of methoxy groups -OCH3 is 1. The Morgan fingerprint density at radius 2 is 1.96 bits per heavy atom. The van der Waals surface area contributed by atoms with E-state index in [2.05, 4.69) is 41.4 Å². The molecule has 0 saturated carbocycles. The Morgan fingerprint density at radius 3 is 2.63 bits per heavy atom. The summed E-state index contributed by atoms with van der Waals surface area (Å²) in [7, 11) is 3.39. The molecule has 7 nitrogen and oxygen atoms in total. The zero-order valence-electron chi connectivity index (χ0n) is 16.8. The third kappa shape index (κ3) is 6.94. The molecule has 0 atom stereocenters. The van der Waals surface area contributed by atoms with Crippen molar-refractivity contribution < 1.29 is 13.9 Å². The largest absolute Gasteiger partial charge is 0.491 e. The molecule has 1 aromatic heterocycles. The van der Waals surface area contributed by atoms with Crippen LogP contribution in [0.25, 0.3) is 0 Å². The van der Waals surface area contributed by atoms with Crippen LogP contribution in [0, 0.1) is 0 Å². The van der Waals surface area contributed by atoms with Crippen LogP contribution in [-0.4, -0.2) is 38.3 Å². The van der Waals surface area contributed by atoms with E-state index in [0.717, 1.165) is 17.1 Å². The maximum atomic E-state index is 5.79. The fraction of sp³-hybridized carbons (Fsp3) is 0.500. The minimum Gasteiger partial charge on any atom is -0.491 e. The van der Waals surface area contributed by atoms with Crippen LogP contribution in [0.15, 0.2) is 39.9 Å². The van der Waals surface area contributed by atoms with Crippen molar-refractivity contribution in [2.75, 3.05) is 27.4 Å². The van der Waals surface area contributed by atoms with Crippen molar-refractivity contribution in [1.82, 2.24) is 15.6 Å². The molecule has 0 aliphatic carbocycles. The second-order valence-electron chi connectivity index (χ2n) is 7.14. The Labute approximate surface area is 161 Å². The number of benzene rings is 1. The fourth-order valence-corrected chi connectivity index (χ4v) is 2.29. The lowest BCUT2D eigenvalue weighted by Gasteiger charge is -2.13. The summed E-state index contributed by atoms with van der Waals surface area (Å²) in [5.41, 5.74) is 1.04. The quantitative estimate of drug-likeness (QED) is 0.420. The molecular formula is C20H30N4O3. The van der Waals surface area contributed by atoms with Gasteiger partial charge in [-0.05, 0) is 17.7 Å². The highest BCUT2D eigenvalue weighted by molar-refractivity contribution is 5.79. The SMILES string of the molecule is CN=C(NCc1cccc(OCCOC)c1)NCc1ncc(C(C)(C)C)o1. The Morgan fingerprint density at radius 1 is 1.19 bits per heavy atom. The van der Waals surface area contributed by atoms with Crippen molar-refractivity contribution in [1.29, 1.82) is 0 Å². The molecule has 148 valence electrons. The van der Waals surface area contributed by atoms with Gasteiger partial charge in [0.2, 0.25) is 5.89 Å². The molecule has 2 aromatic rings. The van der Waals surface area contributed by atoms with Gasteiger partial charge in [0, 0.05) is 26.1 Å². The average Bonchev–Trinajstić information content (AvgIpc) is 3.12. The van der Waals surface area contributed by atoms with Crippen LogP contribution in [0.2, 0.25) is 0 Å². The maximum Gasteiger partial charge on any atom is 0.213 e. The summed E-state index contributed by atoms with van der Waals surface area (Å²) in [6.45, 7) is 8.48. The summed E-state index contributed by atoms with van der Waals surface area (Å²) in [4.78, 5) is 8.55. The summed E-state index contributed by atoms with van der Waals surface area (Å²) in [6.07, 6.45) is 1.78. The number of guanidine groups is 1.